The Kier molecular flexibility index (Phi) is 3.56. The summed E-state index contributed by atoms with van der Waals surface area (Å²) in [4.78, 5) is 17.4. The largest absolute Gasteiger partial charge is 0.340 e. The molecule has 1 aliphatic carbocycles. The Bertz CT molecular complexity index is 585. The van der Waals surface area contributed by atoms with E-state index in [1.807, 2.05) is 17.5 Å². The van der Waals surface area contributed by atoms with Gasteiger partial charge in [0, 0.05) is 6.92 Å². The summed E-state index contributed by atoms with van der Waals surface area (Å²) in [6.07, 6.45) is 5.05. The summed E-state index contributed by atoms with van der Waals surface area (Å²) >= 11 is 1.44. The first kappa shape index (κ1) is 13.3. The molecule has 1 fully saturated rings. The smallest absolute Gasteiger partial charge is 0.262 e. The number of aromatic nitrogens is 2. The molecular formula is C14H17N3O2S. The molecule has 3 rings (SSSR count). The van der Waals surface area contributed by atoms with E-state index in [4.69, 9.17) is 4.52 Å². The summed E-state index contributed by atoms with van der Waals surface area (Å²) in [5, 5.41) is 9.10. The number of hydrogen-bond donors (Lipinski definition) is 1. The molecule has 1 amide bonds. The second kappa shape index (κ2) is 5.36. The molecule has 0 saturated heterocycles. The summed E-state index contributed by atoms with van der Waals surface area (Å²) in [5.41, 5.74) is -0.475. The molecule has 106 valence electrons. The van der Waals surface area contributed by atoms with Crippen molar-refractivity contribution in [3.8, 4) is 0 Å². The van der Waals surface area contributed by atoms with E-state index >= 15 is 0 Å². The summed E-state index contributed by atoms with van der Waals surface area (Å²) in [6, 6.07) is 3.71. The van der Waals surface area contributed by atoms with E-state index in [1.54, 1.807) is 6.92 Å². The third-order valence-electron chi connectivity index (χ3n) is 3.76. The van der Waals surface area contributed by atoms with Gasteiger partial charge in [-0.05, 0) is 24.3 Å². The van der Waals surface area contributed by atoms with Crippen LogP contribution in [0.2, 0.25) is 0 Å². The molecule has 1 aliphatic rings. The molecule has 0 unspecified atom stereocenters. The van der Waals surface area contributed by atoms with Crippen LogP contribution in [0.25, 0.3) is 0 Å². The van der Waals surface area contributed by atoms with E-state index in [9.17, 15) is 4.79 Å². The molecule has 0 aromatic carbocycles. The van der Waals surface area contributed by atoms with Crippen molar-refractivity contribution in [3.05, 3.63) is 34.1 Å². The SMILES string of the molecule is Cc1nc(C2(NC(=O)c3cccs3)CCCCC2)no1. The van der Waals surface area contributed by atoms with Crippen LogP contribution in [0, 0.1) is 6.92 Å². The number of rotatable bonds is 3. The third-order valence-corrected chi connectivity index (χ3v) is 4.63. The van der Waals surface area contributed by atoms with Crippen LogP contribution in [0.15, 0.2) is 22.0 Å². The molecule has 1 N–H and O–H groups in total. The van der Waals surface area contributed by atoms with Crippen LogP contribution in [-0.4, -0.2) is 16.0 Å². The lowest BCUT2D eigenvalue weighted by molar-refractivity contribution is 0.0859. The summed E-state index contributed by atoms with van der Waals surface area (Å²) < 4.78 is 5.11. The van der Waals surface area contributed by atoms with Crippen LogP contribution < -0.4 is 5.32 Å². The number of hydrogen-bond acceptors (Lipinski definition) is 5. The number of carbonyl (C=O) groups excluding carboxylic acids is 1. The number of nitrogens with one attached hydrogen (secondary N) is 1. The molecule has 0 aliphatic heterocycles. The molecule has 2 aromatic rings. The summed E-state index contributed by atoms with van der Waals surface area (Å²) in [6.45, 7) is 1.77. The minimum absolute atomic E-state index is 0.0515. The zero-order chi connectivity index (χ0) is 14.0. The van der Waals surface area contributed by atoms with Gasteiger partial charge >= 0.3 is 0 Å². The predicted octanol–water partition coefficient (Wildman–Crippen LogP) is 3.03. The maximum Gasteiger partial charge on any atom is 0.262 e. The molecule has 0 bridgehead atoms. The van der Waals surface area contributed by atoms with Gasteiger partial charge in [-0.15, -0.1) is 11.3 Å². The van der Waals surface area contributed by atoms with Crippen molar-refractivity contribution in [1.29, 1.82) is 0 Å². The first-order chi connectivity index (χ1) is 9.70. The normalized spacial score (nSPS) is 17.9. The van der Waals surface area contributed by atoms with Crippen molar-refractivity contribution >= 4 is 17.2 Å². The highest BCUT2D eigenvalue weighted by molar-refractivity contribution is 7.12. The van der Waals surface area contributed by atoms with Crippen LogP contribution in [0.3, 0.4) is 0 Å². The summed E-state index contributed by atoms with van der Waals surface area (Å²) in [7, 11) is 0. The predicted molar refractivity (Wildman–Crippen MR) is 75.6 cm³/mol. The number of aryl methyl sites for hydroxylation is 1. The van der Waals surface area contributed by atoms with Crippen molar-refractivity contribution in [1.82, 2.24) is 15.5 Å². The second-order valence-corrected chi connectivity index (χ2v) is 6.16. The first-order valence-electron chi connectivity index (χ1n) is 6.86. The molecular weight excluding hydrogens is 274 g/mol. The zero-order valence-electron chi connectivity index (χ0n) is 11.4. The minimum Gasteiger partial charge on any atom is -0.340 e. The van der Waals surface area contributed by atoms with Gasteiger partial charge in [0.1, 0.15) is 5.54 Å². The molecule has 20 heavy (non-hydrogen) atoms. The average molecular weight is 291 g/mol. The van der Waals surface area contributed by atoms with Gasteiger partial charge in [0.25, 0.3) is 5.91 Å². The standard InChI is InChI=1S/C14H17N3O2S/c1-10-15-13(17-19-10)14(7-3-2-4-8-14)16-12(18)11-6-5-9-20-11/h5-6,9H,2-4,7-8H2,1H3,(H,16,18). The van der Waals surface area contributed by atoms with Crippen LogP contribution in [0.1, 0.15) is 53.5 Å². The Morgan fingerprint density at radius 1 is 1.40 bits per heavy atom. The highest BCUT2D eigenvalue weighted by atomic mass is 32.1. The van der Waals surface area contributed by atoms with Gasteiger partial charge in [-0.3, -0.25) is 4.79 Å². The maximum absolute atomic E-state index is 12.4. The molecule has 1 saturated carbocycles. The van der Waals surface area contributed by atoms with Gasteiger partial charge in [0.15, 0.2) is 5.82 Å². The Morgan fingerprint density at radius 2 is 2.20 bits per heavy atom. The van der Waals surface area contributed by atoms with E-state index < -0.39 is 5.54 Å². The Balaban J connectivity index is 1.88. The molecule has 0 radical (unpaired) electrons. The van der Waals surface area contributed by atoms with E-state index in [0.29, 0.717) is 11.7 Å². The van der Waals surface area contributed by atoms with Crippen molar-refractivity contribution in [2.75, 3.05) is 0 Å². The lowest BCUT2D eigenvalue weighted by Gasteiger charge is -2.35. The molecule has 6 heteroatoms. The lowest BCUT2D eigenvalue weighted by atomic mass is 9.81. The number of carbonyl (C=O) groups is 1. The molecule has 5 nitrogen and oxygen atoms in total. The monoisotopic (exact) mass is 291 g/mol. The number of nitrogens with zero attached hydrogens (tertiary/aromatic N) is 2. The fraction of sp³-hybridized carbons (Fsp3) is 0.500. The third kappa shape index (κ3) is 2.47. The zero-order valence-corrected chi connectivity index (χ0v) is 12.2. The van der Waals surface area contributed by atoms with E-state index in [-0.39, 0.29) is 5.91 Å². The second-order valence-electron chi connectivity index (χ2n) is 5.21. The lowest BCUT2D eigenvalue weighted by Crippen LogP contribution is -2.47. The van der Waals surface area contributed by atoms with Crippen molar-refractivity contribution in [2.45, 2.75) is 44.6 Å². The van der Waals surface area contributed by atoms with Gasteiger partial charge in [-0.2, -0.15) is 4.98 Å². The first-order valence-corrected chi connectivity index (χ1v) is 7.74. The highest BCUT2D eigenvalue weighted by Gasteiger charge is 2.39. The van der Waals surface area contributed by atoms with Crippen LogP contribution in [0.5, 0.6) is 0 Å². The van der Waals surface area contributed by atoms with Gasteiger partial charge in [0.05, 0.1) is 4.88 Å². The van der Waals surface area contributed by atoms with E-state index in [0.717, 1.165) is 30.6 Å². The van der Waals surface area contributed by atoms with E-state index in [2.05, 4.69) is 15.5 Å². The van der Waals surface area contributed by atoms with Crippen molar-refractivity contribution in [2.24, 2.45) is 0 Å². The number of thiophene rings is 1. The average Bonchev–Trinajstić information content (AvgIpc) is 3.10. The topological polar surface area (TPSA) is 68.0 Å². The van der Waals surface area contributed by atoms with Crippen molar-refractivity contribution in [3.63, 3.8) is 0 Å². The summed E-state index contributed by atoms with van der Waals surface area (Å²) in [5.74, 6) is 1.10. The fourth-order valence-corrected chi connectivity index (χ4v) is 3.36. The van der Waals surface area contributed by atoms with Gasteiger partial charge in [0.2, 0.25) is 5.89 Å². The molecule has 2 heterocycles. The van der Waals surface area contributed by atoms with Gasteiger partial charge in [-0.1, -0.05) is 30.5 Å². The van der Waals surface area contributed by atoms with Crippen molar-refractivity contribution < 1.29 is 9.32 Å². The maximum atomic E-state index is 12.4. The Hall–Kier alpha value is -1.69. The Morgan fingerprint density at radius 3 is 2.80 bits per heavy atom. The minimum atomic E-state index is -0.475. The van der Waals surface area contributed by atoms with Gasteiger partial charge in [-0.25, -0.2) is 0 Å². The highest BCUT2D eigenvalue weighted by Crippen LogP contribution is 2.36. The van der Waals surface area contributed by atoms with E-state index in [1.165, 1.54) is 17.8 Å². The van der Waals surface area contributed by atoms with Crippen LogP contribution in [0.4, 0.5) is 0 Å². The quantitative estimate of drug-likeness (QED) is 0.943. The number of amides is 1. The molecule has 0 spiro atoms. The van der Waals surface area contributed by atoms with Gasteiger partial charge < -0.3 is 9.84 Å². The fourth-order valence-electron chi connectivity index (χ4n) is 2.74. The van der Waals surface area contributed by atoms with Crippen LogP contribution >= 0.6 is 11.3 Å². The molecule has 2 aromatic heterocycles. The molecule has 0 atom stereocenters. The van der Waals surface area contributed by atoms with Crippen LogP contribution in [-0.2, 0) is 5.54 Å². The Labute approximate surface area is 121 Å².